The molecule has 1 aliphatic rings. The molecule has 0 aromatic heterocycles. The van der Waals surface area contributed by atoms with Crippen LogP contribution in [0.4, 0.5) is 0 Å². The van der Waals surface area contributed by atoms with Crippen LogP contribution in [0.1, 0.15) is 12.8 Å². The maximum absolute atomic E-state index is 11.7. The van der Waals surface area contributed by atoms with E-state index in [-0.39, 0.29) is 45.4 Å². The number of hydrogen-bond acceptors (Lipinski definition) is 4. The average molecular weight is 283 g/mol. The average Bonchev–Trinajstić information content (AvgIpc) is 3.01. The van der Waals surface area contributed by atoms with Crippen LogP contribution in [0.15, 0.2) is 34.1 Å². The summed E-state index contributed by atoms with van der Waals surface area (Å²) in [5.41, 5.74) is 0. The molecule has 1 saturated carbocycles. The molecule has 1 aromatic carbocycles. The molecule has 0 heterocycles. The van der Waals surface area contributed by atoms with E-state index < -0.39 is 21.1 Å². The van der Waals surface area contributed by atoms with E-state index >= 15 is 0 Å². The van der Waals surface area contributed by atoms with Gasteiger partial charge in [0, 0.05) is 10.9 Å². The van der Waals surface area contributed by atoms with Gasteiger partial charge in [-0.05, 0) is 42.1 Å². The fourth-order valence-corrected chi connectivity index (χ4v) is 3.07. The fourth-order valence-electron chi connectivity index (χ4n) is 1.23. The zero-order valence-electron chi connectivity index (χ0n) is 9.25. The first-order chi connectivity index (χ1) is 7.49. The summed E-state index contributed by atoms with van der Waals surface area (Å²) in [6.45, 7) is 0. The Bertz CT molecular complexity index is 528. The van der Waals surface area contributed by atoms with Gasteiger partial charge < -0.3 is 4.55 Å². The normalized spacial score (nSPS) is 17.2. The molecule has 0 bridgehead atoms. The van der Waals surface area contributed by atoms with Crippen LogP contribution in [0.25, 0.3) is 0 Å². The molecule has 0 amide bonds. The Morgan fingerprint density at radius 1 is 1.35 bits per heavy atom. The van der Waals surface area contributed by atoms with E-state index in [2.05, 4.69) is 4.72 Å². The largest absolute Gasteiger partial charge is 1.00 e. The topological polar surface area (TPSA) is 86.3 Å². The second-order valence-electron chi connectivity index (χ2n) is 3.61. The molecular weight excluding hydrogens is 273 g/mol. The molecule has 0 spiro atoms. The van der Waals surface area contributed by atoms with Crippen LogP contribution in [0, 0.1) is 0 Å². The van der Waals surface area contributed by atoms with Gasteiger partial charge in [-0.3, -0.25) is 4.21 Å². The van der Waals surface area contributed by atoms with Crippen molar-refractivity contribution in [3.8, 4) is 0 Å². The van der Waals surface area contributed by atoms with Crippen molar-refractivity contribution >= 4 is 21.1 Å². The summed E-state index contributed by atoms with van der Waals surface area (Å²) in [5, 5.41) is 0. The molecule has 1 aromatic rings. The standard InChI is InChI=1S/C9H11NO4S2.Na/c11-15(12)8-2-1-3-9(6-8)16(13,14)10-7-4-5-7;/h1-3,6-7,10H,4-5H2,(H,11,12);/q;+1/p-1. The van der Waals surface area contributed by atoms with Crippen molar-refractivity contribution in [3.63, 3.8) is 0 Å². The third-order valence-corrected chi connectivity index (χ3v) is 4.36. The molecule has 1 unspecified atom stereocenters. The third-order valence-electron chi connectivity index (χ3n) is 2.21. The smallest absolute Gasteiger partial charge is 0.768 e. The summed E-state index contributed by atoms with van der Waals surface area (Å²) in [6.07, 6.45) is 1.68. The molecule has 1 fully saturated rings. The first-order valence-corrected chi connectivity index (χ1v) is 7.26. The minimum Gasteiger partial charge on any atom is -0.768 e. The van der Waals surface area contributed by atoms with Crippen LogP contribution in [0.5, 0.6) is 0 Å². The zero-order valence-corrected chi connectivity index (χ0v) is 12.9. The van der Waals surface area contributed by atoms with Gasteiger partial charge in [-0.2, -0.15) is 0 Å². The predicted molar refractivity (Wildman–Crippen MR) is 57.0 cm³/mol. The van der Waals surface area contributed by atoms with Crippen molar-refractivity contribution in [1.29, 1.82) is 0 Å². The van der Waals surface area contributed by atoms with Gasteiger partial charge in [-0.25, -0.2) is 13.1 Å². The third kappa shape index (κ3) is 4.13. The van der Waals surface area contributed by atoms with Crippen molar-refractivity contribution < 1.29 is 46.7 Å². The molecule has 0 aliphatic heterocycles. The predicted octanol–water partition coefficient (Wildman–Crippen LogP) is -2.63. The van der Waals surface area contributed by atoms with E-state index in [1.54, 1.807) is 0 Å². The van der Waals surface area contributed by atoms with Crippen molar-refractivity contribution in [2.45, 2.75) is 28.7 Å². The van der Waals surface area contributed by atoms with Gasteiger partial charge in [0.2, 0.25) is 10.0 Å². The second kappa shape index (κ2) is 5.92. The molecule has 5 nitrogen and oxygen atoms in total. The van der Waals surface area contributed by atoms with Crippen molar-refractivity contribution in [3.05, 3.63) is 24.3 Å². The molecule has 1 N–H and O–H groups in total. The molecule has 1 aliphatic carbocycles. The Hall–Kier alpha value is 0.240. The van der Waals surface area contributed by atoms with Gasteiger partial charge in [0.05, 0.1) is 4.90 Å². The van der Waals surface area contributed by atoms with E-state index in [1.807, 2.05) is 0 Å². The van der Waals surface area contributed by atoms with E-state index in [1.165, 1.54) is 18.2 Å². The quantitative estimate of drug-likeness (QED) is 0.484. The van der Waals surface area contributed by atoms with Gasteiger partial charge in [0.15, 0.2) is 0 Å². The maximum atomic E-state index is 11.7. The first kappa shape index (κ1) is 15.3. The minimum absolute atomic E-state index is 0. The molecule has 0 radical (unpaired) electrons. The van der Waals surface area contributed by atoms with Crippen molar-refractivity contribution in [2.24, 2.45) is 0 Å². The van der Waals surface area contributed by atoms with Crippen molar-refractivity contribution in [1.82, 2.24) is 4.72 Å². The summed E-state index contributed by atoms with van der Waals surface area (Å²) in [6, 6.07) is 5.28. The fraction of sp³-hybridized carbons (Fsp3) is 0.333. The van der Waals surface area contributed by atoms with Gasteiger partial charge in [-0.15, -0.1) is 0 Å². The van der Waals surface area contributed by atoms with Crippen molar-refractivity contribution in [2.75, 3.05) is 0 Å². The number of benzene rings is 1. The first-order valence-electron chi connectivity index (χ1n) is 4.71. The summed E-state index contributed by atoms with van der Waals surface area (Å²) in [5.74, 6) is 0. The van der Waals surface area contributed by atoms with Crippen LogP contribution < -0.4 is 34.3 Å². The number of sulfonamides is 1. The SMILES string of the molecule is O=S([O-])c1cccc(S(=O)(=O)NC2CC2)c1.[Na+]. The summed E-state index contributed by atoms with van der Waals surface area (Å²) in [7, 11) is -3.58. The Morgan fingerprint density at radius 3 is 2.53 bits per heavy atom. The Balaban J connectivity index is 0.00000144. The Morgan fingerprint density at radius 2 is 2.00 bits per heavy atom. The second-order valence-corrected chi connectivity index (χ2v) is 6.26. The van der Waals surface area contributed by atoms with E-state index in [0.29, 0.717) is 0 Å². The molecule has 17 heavy (non-hydrogen) atoms. The number of rotatable bonds is 4. The van der Waals surface area contributed by atoms with Gasteiger partial charge >= 0.3 is 29.6 Å². The van der Waals surface area contributed by atoms with E-state index in [4.69, 9.17) is 0 Å². The van der Waals surface area contributed by atoms with Gasteiger partial charge in [0.25, 0.3) is 0 Å². The molecule has 0 saturated heterocycles. The molecule has 8 heteroatoms. The van der Waals surface area contributed by atoms with Crippen LogP contribution >= 0.6 is 0 Å². The van der Waals surface area contributed by atoms with Gasteiger partial charge in [0.1, 0.15) is 0 Å². The zero-order chi connectivity index (χ0) is 11.8. The number of nitrogens with one attached hydrogen (secondary N) is 1. The molecular formula is C9H10NNaO4S2. The van der Waals surface area contributed by atoms with Crippen LogP contribution in [0.3, 0.4) is 0 Å². The van der Waals surface area contributed by atoms with E-state index in [9.17, 15) is 17.2 Å². The van der Waals surface area contributed by atoms with E-state index in [0.717, 1.165) is 18.9 Å². The Kier molecular flexibility index (Phi) is 5.33. The summed E-state index contributed by atoms with van der Waals surface area (Å²) < 4.78 is 47.4. The van der Waals surface area contributed by atoms with Gasteiger partial charge in [-0.1, -0.05) is 6.07 Å². The minimum atomic E-state index is -3.58. The monoisotopic (exact) mass is 283 g/mol. The number of hydrogen-bond donors (Lipinski definition) is 1. The van der Waals surface area contributed by atoms with Crippen LogP contribution in [-0.2, 0) is 21.1 Å². The molecule has 2 rings (SSSR count). The summed E-state index contributed by atoms with van der Waals surface area (Å²) in [4.78, 5) is -0.0419. The van der Waals surface area contributed by atoms with Crippen LogP contribution in [0.2, 0.25) is 0 Å². The molecule has 88 valence electrons. The Labute approximate surface area is 125 Å². The summed E-state index contributed by atoms with van der Waals surface area (Å²) >= 11 is -2.41. The molecule has 1 atom stereocenters. The van der Waals surface area contributed by atoms with Crippen LogP contribution in [-0.4, -0.2) is 23.2 Å². The maximum Gasteiger partial charge on any atom is 1.00 e.